The average molecular weight is 545 g/mol. The second-order valence-corrected chi connectivity index (χ2v) is 10.7. The Bertz CT molecular complexity index is 1290. The van der Waals surface area contributed by atoms with Gasteiger partial charge < -0.3 is 24.6 Å². The molecule has 0 unspecified atom stereocenters. The average Bonchev–Trinajstić information content (AvgIpc) is 3.35. The highest BCUT2D eigenvalue weighted by Gasteiger charge is 2.47. The van der Waals surface area contributed by atoms with Gasteiger partial charge in [-0.25, -0.2) is 18.6 Å². The molecule has 0 radical (unpaired) electrons. The fraction of sp³-hybridized carbons (Fsp3) is 0.556. The van der Waals surface area contributed by atoms with Gasteiger partial charge in [0, 0.05) is 30.8 Å². The monoisotopic (exact) mass is 544 g/mol. The first-order chi connectivity index (χ1) is 18.6. The van der Waals surface area contributed by atoms with E-state index in [4.69, 9.17) is 14.5 Å². The van der Waals surface area contributed by atoms with Crippen LogP contribution in [0.4, 0.5) is 19.4 Å². The number of nitrogens with one attached hydrogen (secondary N) is 1. The van der Waals surface area contributed by atoms with Crippen molar-refractivity contribution in [3.05, 3.63) is 42.0 Å². The second kappa shape index (κ2) is 10.9. The van der Waals surface area contributed by atoms with Crippen LogP contribution >= 0.6 is 0 Å². The highest BCUT2D eigenvalue weighted by molar-refractivity contribution is 5.91. The topological polar surface area (TPSA) is 101 Å². The molecule has 1 N–H and O–H groups in total. The Labute approximate surface area is 225 Å². The summed E-state index contributed by atoms with van der Waals surface area (Å²) in [5.74, 6) is -0.966. The van der Waals surface area contributed by atoms with Crippen molar-refractivity contribution < 1.29 is 27.8 Å². The van der Waals surface area contributed by atoms with Crippen molar-refractivity contribution in [2.45, 2.75) is 50.7 Å². The number of nitrogens with zero attached hydrogens (tertiary/aromatic N) is 5. The molecule has 2 amide bonds. The SMILES string of the molecule is C=C(F)C(=O)N1CC(F)(COC(=O)N2CCC(Nc3cc(C4=CCOCC4)nc4c(C(C)C)cnn34)CC2)C1. The van der Waals surface area contributed by atoms with Crippen LogP contribution in [0.5, 0.6) is 0 Å². The van der Waals surface area contributed by atoms with Crippen molar-refractivity contribution in [1.29, 1.82) is 0 Å². The maximum atomic E-state index is 14.7. The van der Waals surface area contributed by atoms with E-state index in [9.17, 15) is 18.4 Å². The number of carbonyl (C=O) groups excluding carboxylic acids is 2. The molecule has 2 aromatic rings. The summed E-state index contributed by atoms with van der Waals surface area (Å²) in [6.45, 7) is 8.16. The molecule has 2 fully saturated rings. The summed E-state index contributed by atoms with van der Waals surface area (Å²) < 4.78 is 40.1. The van der Waals surface area contributed by atoms with Crippen LogP contribution in [0.3, 0.4) is 0 Å². The van der Waals surface area contributed by atoms with E-state index in [-0.39, 0.29) is 25.0 Å². The third kappa shape index (κ3) is 5.75. The van der Waals surface area contributed by atoms with Crippen LogP contribution in [-0.4, -0.2) is 94.1 Å². The summed E-state index contributed by atoms with van der Waals surface area (Å²) in [5, 5.41) is 8.20. The molecular weight excluding hydrogens is 510 g/mol. The Kier molecular flexibility index (Phi) is 7.57. The van der Waals surface area contributed by atoms with Gasteiger partial charge in [-0.1, -0.05) is 26.5 Å². The lowest BCUT2D eigenvalue weighted by molar-refractivity contribution is -0.146. The Morgan fingerprint density at radius 2 is 2.03 bits per heavy atom. The maximum absolute atomic E-state index is 14.7. The lowest BCUT2D eigenvalue weighted by atomic mass is 9.97. The summed E-state index contributed by atoms with van der Waals surface area (Å²) in [6.07, 6.45) is 5.48. The van der Waals surface area contributed by atoms with Gasteiger partial charge in [-0.15, -0.1) is 0 Å². The fourth-order valence-corrected chi connectivity index (χ4v) is 5.16. The first-order valence-corrected chi connectivity index (χ1v) is 13.3. The number of fused-ring (bicyclic) bond motifs is 1. The highest BCUT2D eigenvalue weighted by atomic mass is 19.1. The molecule has 39 heavy (non-hydrogen) atoms. The quantitative estimate of drug-likeness (QED) is 0.531. The lowest BCUT2D eigenvalue weighted by Gasteiger charge is -2.43. The number of hydrogen-bond acceptors (Lipinski definition) is 7. The molecule has 0 saturated carbocycles. The van der Waals surface area contributed by atoms with Gasteiger partial charge in [0.15, 0.2) is 17.1 Å². The molecule has 5 rings (SSSR count). The van der Waals surface area contributed by atoms with Crippen LogP contribution in [0.25, 0.3) is 11.2 Å². The van der Waals surface area contributed by atoms with Gasteiger partial charge in [0.25, 0.3) is 5.91 Å². The second-order valence-electron chi connectivity index (χ2n) is 10.7. The predicted octanol–water partition coefficient (Wildman–Crippen LogP) is 3.70. The van der Waals surface area contributed by atoms with Crippen molar-refractivity contribution >= 4 is 29.0 Å². The smallest absolute Gasteiger partial charge is 0.409 e. The van der Waals surface area contributed by atoms with Gasteiger partial charge in [-0.2, -0.15) is 9.61 Å². The summed E-state index contributed by atoms with van der Waals surface area (Å²) in [7, 11) is 0. The minimum absolute atomic E-state index is 0.0930. The molecule has 3 aliphatic heterocycles. The number of piperidine rings is 1. The van der Waals surface area contributed by atoms with Crippen LogP contribution in [0.2, 0.25) is 0 Å². The largest absolute Gasteiger partial charge is 0.446 e. The third-order valence-electron chi connectivity index (χ3n) is 7.44. The predicted molar refractivity (Wildman–Crippen MR) is 141 cm³/mol. The molecule has 2 aromatic heterocycles. The standard InChI is InChI=1S/C27H34F2N6O4/c1-17(2)21-13-30-35-23(12-22(32-24(21)35)19-6-10-38-11-7-19)31-20-4-8-33(9-5-20)26(37)39-16-27(29)14-34(15-27)25(36)18(3)28/h6,12-13,17,20,31H,3-5,7-11,14-16H2,1-2H3. The van der Waals surface area contributed by atoms with Crippen LogP contribution in [0, 0.1) is 0 Å². The minimum Gasteiger partial charge on any atom is -0.446 e. The van der Waals surface area contributed by atoms with Gasteiger partial charge in [-0.05, 0) is 30.8 Å². The Morgan fingerprint density at radius 3 is 2.67 bits per heavy atom. The Hall–Kier alpha value is -3.54. The summed E-state index contributed by atoms with van der Waals surface area (Å²) in [4.78, 5) is 31.6. The van der Waals surface area contributed by atoms with E-state index < -0.39 is 30.1 Å². The molecule has 0 aromatic carbocycles. The van der Waals surface area contributed by atoms with Crippen LogP contribution in [0.1, 0.15) is 50.3 Å². The number of carbonyl (C=O) groups is 2. The molecule has 10 nitrogen and oxygen atoms in total. The van der Waals surface area contributed by atoms with Gasteiger partial charge >= 0.3 is 6.09 Å². The molecule has 0 atom stereocenters. The van der Waals surface area contributed by atoms with E-state index in [2.05, 4.69) is 36.9 Å². The first-order valence-electron chi connectivity index (χ1n) is 13.3. The zero-order chi connectivity index (χ0) is 27.7. The van der Waals surface area contributed by atoms with Crippen molar-refractivity contribution in [3.63, 3.8) is 0 Å². The number of rotatable bonds is 7. The lowest BCUT2D eigenvalue weighted by Crippen LogP contribution is -2.63. The third-order valence-corrected chi connectivity index (χ3v) is 7.44. The number of ether oxygens (including phenoxy) is 2. The number of hydrogen-bond donors (Lipinski definition) is 1. The zero-order valence-electron chi connectivity index (χ0n) is 22.3. The fourth-order valence-electron chi connectivity index (χ4n) is 5.16. The molecule has 12 heteroatoms. The number of likely N-dealkylation sites (tertiary alicyclic amines) is 2. The van der Waals surface area contributed by atoms with Gasteiger partial charge in [0.05, 0.1) is 38.2 Å². The van der Waals surface area contributed by atoms with Crippen LogP contribution < -0.4 is 5.32 Å². The molecule has 2 saturated heterocycles. The van der Waals surface area contributed by atoms with Gasteiger partial charge in [0.2, 0.25) is 0 Å². The van der Waals surface area contributed by atoms with E-state index in [1.165, 1.54) is 0 Å². The van der Waals surface area contributed by atoms with E-state index in [1.54, 1.807) is 4.90 Å². The summed E-state index contributed by atoms with van der Waals surface area (Å²) in [5.41, 5.74) is 2.09. The summed E-state index contributed by atoms with van der Waals surface area (Å²) >= 11 is 0. The number of alkyl halides is 1. The van der Waals surface area contributed by atoms with Gasteiger partial charge in [0.1, 0.15) is 12.4 Å². The van der Waals surface area contributed by atoms with E-state index in [0.29, 0.717) is 39.1 Å². The molecule has 0 bridgehead atoms. The van der Waals surface area contributed by atoms with E-state index in [0.717, 1.165) is 39.6 Å². The molecule has 3 aliphatic rings. The number of halogens is 2. The molecule has 5 heterocycles. The first kappa shape index (κ1) is 27.0. The van der Waals surface area contributed by atoms with Crippen molar-refractivity contribution in [2.75, 3.05) is 51.3 Å². The van der Waals surface area contributed by atoms with E-state index >= 15 is 0 Å². The van der Waals surface area contributed by atoms with Crippen LogP contribution in [-0.2, 0) is 14.3 Å². The van der Waals surface area contributed by atoms with Crippen molar-refractivity contribution in [3.8, 4) is 0 Å². The Balaban J connectivity index is 1.19. The molecule has 0 aliphatic carbocycles. The summed E-state index contributed by atoms with van der Waals surface area (Å²) in [6, 6.07) is 2.11. The normalized spacial score (nSPS) is 19.6. The highest BCUT2D eigenvalue weighted by Crippen LogP contribution is 2.29. The maximum Gasteiger partial charge on any atom is 0.409 e. The van der Waals surface area contributed by atoms with E-state index in [1.807, 2.05) is 16.8 Å². The van der Waals surface area contributed by atoms with Gasteiger partial charge in [-0.3, -0.25) is 4.79 Å². The Morgan fingerprint density at radius 1 is 1.28 bits per heavy atom. The molecule has 0 spiro atoms. The number of anilines is 1. The minimum atomic E-state index is -1.87. The van der Waals surface area contributed by atoms with Crippen LogP contribution in [0.15, 0.2) is 30.7 Å². The number of aromatic nitrogens is 3. The number of amides is 2. The van der Waals surface area contributed by atoms with Crippen molar-refractivity contribution in [2.24, 2.45) is 0 Å². The molecule has 210 valence electrons. The van der Waals surface area contributed by atoms with Crippen molar-refractivity contribution in [1.82, 2.24) is 24.4 Å². The zero-order valence-corrected chi connectivity index (χ0v) is 22.3. The molecular formula is C27H34F2N6O4.